The van der Waals surface area contributed by atoms with Crippen LogP contribution in [0.5, 0.6) is 11.5 Å². The van der Waals surface area contributed by atoms with Crippen molar-refractivity contribution in [2.45, 2.75) is 32.5 Å². The van der Waals surface area contributed by atoms with Crippen molar-refractivity contribution in [3.8, 4) is 17.6 Å². The molecule has 6 heteroatoms. The summed E-state index contributed by atoms with van der Waals surface area (Å²) >= 11 is 0. The molecule has 6 nitrogen and oxygen atoms in total. The summed E-state index contributed by atoms with van der Waals surface area (Å²) in [5.41, 5.74) is 3.17. The van der Waals surface area contributed by atoms with E-state index < -0.39 is 12.1 Å². The molecule has 3 aromatic rings. The van der Waals surface area contributed by atoms with E-state index in [1.807, 2.05) is 43.3 Å². The van der Waals surface area contributed by atoms with Crippen LogP contribution in [0.4, 0.5) is 0 Å². The Kier molecular flexibility index (Phi) is 7.01. The van der Waals surface area contributed by atoms with Crippen LogP contribution >= 0.6 is 0 Å². The lowest BCUT2D eigenvalue weighted by Gasteiger charge is -2.22. The summed E-state index contributed by atoms with van der Waals surface area (Å²) in [4.78, 5) is 15.2. The van der Waals surface area contributed by atoms with E-state index in [-0.39, 0.29) is 12.8 Å². The predicted molar refractivity (Wildman–Crippen MR) is 111 cm³/mol. The molecule has 0 radical (unpaired) electrons. The van der Waals surface area contributed by atoms with Crippen molar-refractivity contribution in [3.05, 3.63) is 89.2 Å². The Morgan fingerprint density at radius 1 is 1.20 bits per heavy atom. The molecule has 0 saturated carbocycles. The first kappa shape index (κ1) is 20.9. The van der Waals surface area contributed by atoms with Gasteiger partial charge in [-0.1, -0.05) is 30.3 Å². The van der Waals surface area contributed by atoms with Gasteiger partial charge in [-0.15, -0.1) is 0 Å². The van der Waals surface area contributed by atoms with E-state index in [2.05, 4.69) is 11.1 Å². The Hall–Kier alpha value is -3.85. The second-order valence-electron chi connectivity index (χ2n) is 6.82. The number of rotatable bonds is 9. The third-order valence-electron chi connectivity index (χ3n) is 4.63. The van der Waals surface area contributed by atoms with Crippen LogP contribution in [0.25, 0.3) is 0 Å². The molecule has 1 heterocycles. The lowest BCUT2D eigenvalue weighted by Crippen LogP contribution is -2.12. The van der Waals surface area contributed by atoms with Gasteiger partial charge in [-0.25, -0.2) is 0 Å². The molecule has 0 aliphatic carbocycles. The van der Waals surface area contributed by atoms with Crippen LogP contribution < -0.4 is 9.47 Å². The monoisotopic (exact) mass is 402 g/mol. The van der Waals surface area contributed by atoms with Crippen LogP contribution in [0.15, 0.2) is 67.0 Å². The first-order valence-electron chi connectivity index (χ1n) is 9.56. The quantitative estimate of drug-likeness (QED) is 0.551. The smallest absolute Gasteiger partial charge is 0.303 e. The fraction of sp³-hybridized carbons (Fsp3) is 0.208. The van der Waals surface area contributed by atoms with Crippen molar-refractivity contribution in [3.63, 3.8) is 0 Å². The van der Waals surface area contributed by atoms with Crippen LogP contribution in [-0.2, 0) is 11.4 Å². The van der Waals surface area contributed by atoms with E-state index >= 15 is 0 Å². The van der Waals surface area contributed by atoms with Gasteiger partial charge in [-0.05, 0) is 42.7 Å². The van der Waals surface area contributed by atoms with E-state index in [0.29, 0.717) is 23.7 Å². The van der Waals surface area contributed by atoms with Crippen molar-refractivity contribution < 1.29 is 19.4 Å². The Morgan fingerprint density at radius 2 is 2.03 bits per heavy atom. The Labute approximate surface area is 175 Å². The molecule has 0 aliphatic rings. The van der Waals surface area contributed by atoms with Gasteiger partial charge in [0.25, 0.3) is 0 Å². The lowest BCUT2D eigenvalue weighted by atomic mass is 9.99. The number of benzene rings is 2. The van der Waals surface area contributed by atoms with Crippen molar-refractivity contribution in [2.75, 3.05) is 0 Å². The summed E-state index contributed by atoms with van der Waals surface area (Å²) in [6.07, 6.45) is 3.16. The Bertz CT molecular complexity index is 1040. The molecular formula is C24H22N2O4. The van der Waals surface area contributed by atoms with Crippen LogP contribution in [-0.4, -0.2) is 16.1 Å². The van der Waals surface area contributed by atoms with Crippen LogP contribution in [0.2, 0.25) is 0 Å². The van der Waals surface area contributed by atoms with Crippen molar-refractivity contribution >= 4 is 5.97 Å². The van der Waals surface area contributed by atoms with Gasteiger partial charge in [-0.2, -0.15) is 5.26 Å². The van der Waals surface area contributed by atoms with E-state index in [4.69, 9.17) is 14.6 Å². The first-order chi connectivity index (χ1) is 14.6. The Morgan fingerprint density at radius 3 is 2.73 bits per heavy atom. The maximum Gasteiger partial charge on any atom is 0.303 e. The zero-order valence-corrected chi connectivity index (χ0v) is 16.6. The molecular weight excluding hydrogens is 380 g/mol. The predicted octanol–water partition coefficient (Wildman–Crippen LogP) is 4.83. The van der Waals surface area contributed by atoms with Gasteiger partial charge in [0, 0.05) is 30.4 Å². The summed E-state index contributed by atoms with van der Waals surface area (Å²) in [7, 11) is 0. The van der Waals surface area contributed by atoms with E-state index in [9.17, 15) is 10.1 Å². The molecule has 0 aliphatic heterocycles. The Balaban J connectivity index is 1.84. The minimum Gasteiger partial charge on any atom is -0.489 e. The van der Waals surface area contributed by atoms with Gasteiger partial charge >= 0.3 is 5.97 Å². The average molecular weight is 402 g/mol. The maximum absolute atomic E-state index is 11.1. The third-order valence-corrected chi connectivity index (χ3v) is 4.63. The molecule has 0 unspecified atom stereocenters. The summed E-state index contributed by atoms with van der Waals surface area (Å²) in [6, 6.07) is 18.6. The number of hydrogen-bond acceptors (Lipinski definition) is 5. The highest BCUT2D eigenvalue weighted by Gasteiger charge is 2.19. The normalized spacial score (nSPS) is 11.3. The fourth-order valence-electron chi connectivity index (χ4n) is 3.07. The number of aromatic nitrogens is 1. The number of aliphatic carboxylic acids is 1. The van der Waals surface area contributed by atoms with Gasteiger partial charge in [0.15, 0.2) is 0 Å². The zero-order chi connectivity index (χ0) is 21.3. The molecule has 0 amide bonds. The van der Waals surface area contributed by atoms with Gasteiger partial charge in [-0.3, -0.25) is 9.78 Å². The molecule has 0 fully saturated rings. The van der Waals surface area contributed by atoms with Gasteiger partial charge in [0.2, 0.25) is 0 Å². The number of nitriles is 1. The van der Waals surface area contributed by atoms with E-state index in [1.165, 1.54) is 0 Å². The van der Waals surface area contributed by atoms with Crippen molar-refractivity contribution in [1.29, 1.82) is 5.26 Å². The number of aryl methyl sites for hydroxylation is 1. The summed E-state index contributed by atoms with van der Waals surface area (Å²) < 4.78 is 12.0. The standard InChI is InChI=1S/C24H22N2O4/c1-17-5-2-3-7-21(17)22(10-11-24(27)28)30-23-13-20(9-8-19(23)14-25)29-16-18-6-4-12-26-15-18/h2-9,12-13,15,22H,10-11,16H2,1H3,(H,27,28)/t22-/m0/s1. The molecule has 152 valence electrons. The van der Waals surface area contributed by atoms with Crippen LogP contribution in [0, 0.1) is 18.3 Å². The summed E-state index contributed by atoms with van der Waals surface area (Å²) in [5.74, 6) is 0.0145. The SMILES string of the molecule is Cc1ccccc1[C@H](CCC(=O)O)Oc1cc(OCc2cccnc2)ccc1C#N. The van der Waals surface area contributed by atoms with E-state index in [0.717, 1.165) is 16.7 Å². The highest BCUT2D eigenvalue weighted by molar-refractivity contribution is 5.66. The van der Waals surface area contributed by atoms with Gasteiger partial charge in [0.05, 0.1) is 5.56 Å². The summed E-state index contributed by atoms with van der Waals surface area (Å²) in [6.45, 7) is 2.28. The highest BCUT2D eigenvalue weighted by atomic mass is 16.5. The zero-order valence-electron chi connectivity index (χ0n) is 16.6. The molecule has 1 N–H and O–H groups in total. The highest BCUT2D eigenvalue weighted by Crippen LogP contribution is 2.32. The van der Waals surface area contributed by atoms with Crippen molar-refractivity contribution in [2.24, 2.45) is 0 Å². The number of nitrogens with zero attached hydrogens (tertiary/aromatic N) is 2. The van der Waals surface area contributed by atoms with Crippen LogP contribution in [0.3, 0.4) is 0 Å². The average Bonchev–Trinajstić information content (AvgIpc) is 2.76. The van der Waals surface area contributed by atoms with E-state index in [1.54, 1.807) is 30.6 Å². The lowest BCUT2D eigenvalue weighted by molar-refractivity contribution is -0.137. The molecule has 1 atom stereocenters. The number of carbonyl (C=O) groups is 1. The minimum atomic E-state index is -0.897. The number of hydrogen-bond donors (Lipinski definition) is 1. The van der Waals surface area contributed by atoms with Gasteiger partial charge in [0.1, 0.15) is 30.3 Å². The molecule has 3 rings (SSSR count). The largest absolute Gasteiger partial charge is 0.489 e. The summed E-state index contributed by atoms with van der Waals surface area (Å²) in [5, 5.41) is 18.6. The molecule has 0 saturated heterocycles. The second kappa shape index (κ2) is 10.1. The number of ether oxygens (including phenoxy) is 2. The molecule has 2 aromatic carbocycles. The number of carboxylic acids is 1. The first-order valence-corrected chi connectivity index (χ1v) is 9.56. The molecule has 0 spiro atoms. The molecule has 1 aromatic heterocycles. The molecule has 0 bridgehead atoms. The van der Waals surface area contributed by atoms with Crippen molar-refractivity contribution in [1.82, 2.24) is 4.98 Å². The maximum atomic E-state index is 11.1. The van der Waals surface area contributed by atoms with Crippen LogP contribution in [0.1, 0.15) is 41.2 Å². The molecule has 30 heavy (non-hydrogen) atoms. The topological polar surface area (TPSA) is 92.4 Å². The minimum absolute atomic E-state index is 0.0436. The second-order valence-corrected chi connectivity index (χ2v) is 6.82. The fourth-order valence-corrected chi connectivity index (χ4v) is 3.07. The van der Waals surface area contributed by atoms with Gasteiger partial charge < -0.3 is 14.6 Å². The number of pyridine rings is 1. The third kappa shape index (κ3) is 5.58. The number of carboxylic acid groups (broad SMARTS) is 1.